The third kappa shape index (κ3) is 2.97. The van der Waals surface area contributed by atoms with Gasteiger partial charge in [-0.1, -0.05) is 30.3 Å². The number of aromatic nitrogens is 2. The molecule has 2 heterocycles. The molecule has 0 unspecified atom stereocenters. The molecule has 0 aliphatic carbocycles. The molecule has 0 aliphatic rings. The fourth-order valence-electron chi connectivity index (χ4n) is 1.79. The summed E-state index contributed by atoms with van der Waals surface area (Å²) in [5.74, 6) is 1.47. The first-order chi connectivity index (χ1) is 9.81. The lowest BCUT2D eigenvalue weighted by Crippen LogP contribution is -2.00. The Balaban J connectivity index is 1.67. The van der Waals surface area contributed by atoms with Crippen molar-refractivity contribution in [3.05, 3.63) is 65.8 Å². The van der Waals surface area contributed by atoms with E-state index in [1.165, 1.54) is 0 Å². The maximum Gasteiger partial charge on any atom is 0.193 e. The first-order valence-corrected chi connectivity index (χ1v) is 6.54. The van der Waals surface area contributed by atoms with Crippen LogP contribution in [0.4, 0.5) is 5.69 Å². The second kappa shape index (κ2) is 5.75. The molecule has 0 atom stereocenters. The summed E-state index contributed by atoms with van der Waals surface area (Å²) in [4.78, 5) is 8.67. The van der Waals surface area contributed by atoms with Gasteiger partial charge in [-0.3, -0.25) is 0 Å². The van der Waals surface area contributed by atoms with E-state index >= 15 is 0 Å². The van der Waals surface area contributed by atoms with Gasteiger partial charge >= 0.3 is 0 Å². The zero-order valence-corrected chi connectivity index (χ0v) is 11.3. The smallest absolute Gasteiger partial charge is 0.193 e. The van der Waals surface area contributed by atoms with E-state index < -0.39 is 0 Å². The first kappa shape index (κ1) is 12.7. The van der Waals surface area contributed by atoms with Crippen molar-refractivity contribution in [2.75, 3.05) is 5.32 Å². The molecule has 5 heteroatoms. The number of rotatable bonds is 4. The van der Waals surface area contributed by atoms with E-state index in [0.29, 0.717) is 17.6 Å². The van der Waals surface area contributed by atoms with Gasteiger partial charge in [0.25, 0.3) is 0 Å². The molecule has 1 N–H and O–H groups in total. The minimum Gasteiger partial charge on any atom is -0.448 e. The van der Waals surface area contributed by atoms with Crippen LogP contribution in [0.25, 0.3) is 11.4 Å². The van der Waals surface area contributed by atoms with Gasteiger partial charge in [-0.05, 0) is 23.7 Å². The molecule has 0 radical (unpaired) electrons. The number of halogens is 1. The Bertz CT molecular complexity index is 680. The number of furan rings is 1. The lowest BCUT2D eigenvalue weighted by Gasteiger charge is -2.04. The van der Waals surface area contributed by atoms with Crippen LogP contribution >= 0.6 is 11.6 Å². The normalized spacial score (nSPS) is 10.4. The van der Waals surface area contributed by atoms with E-state index in [2.05, 4.69) is 15.3 Å². The van der Waals surface area contributed by atoms with Crippen LogP contribution in [0, 0.1) is 0 Å². The molecule has 3 aromatic rings. The number of hydrogen-bond donors (Lipinski definition) is 1. The molecule has 0 aliphatic heterocycles. The van der Waals surface area contributed by atoms with Crippen LogP contribution in [0.2, 0.25) is 5.22 Å². The fraction of sp³-hybridized carbons (Fsp3) is 0.0667. The van der Waals surface area contributed by atoms with Crippen LogP contribution in [0.5, 0.6) is 0 Å². The topological polar surface area (TPSA) is 51.0 Å². The highest BCUT2D eigenvalue weighted by Crippen LogP contribution is 2.17. The molecule has 2 aromatic heterocycles. The molecule has 20 heavy (non-hydrogen) atoms. The number of hydrogen-bond acceptors (Lipinski definition) is 4. The van der Waals surface area contributed by atoms with Crippen LogP contribution in [0.15, 0.2) is 59.3 Å². The summed E-state index contributed by atoms with van der Waals surface area (Å²) in [7, 11) is 0. The van der Waals surface area contributed by atoms with Gasteiger partial charge in [0, 0.05) is 5.56 Å². The molecule has 0 amide bonds. The van der Waals surface area contributed by atoms with E-state index in [1.807, 2.05) is 36.4 Å². The Morgan fingerprint density at radius 1 is 1.00 bits per heavy atom. The third-order valence-corrected chi connectivity index (χ3v) is 2.98. The van der Waals surface area contributed by atoms with Crippen molar-refractivity contribution in [3.63, 3.8) is 0 Å². The minimum absolute atomic E-state index is 0.387. The second-order valence-corrected chi connectivity index (χ2v) is 4.59. The second-order valence-electron chi connectivity index (χ2n) is 4.22. The van der Waals surface area contributed by atoms with Gasteiger partial charge in [0.1, 0.15) is 5.76 Å². The van der Waals surface area contributed by atoms with Crippen molar-refractivity contribution in [2.45, 2.75) is 6.54 Å². The van der Waals surface area contributed by atoms with E-state index in [1.54, 1.807) is 18.5 Å². The number of nitrogens with one attached hydrogen (secondary N) is 1. The monoisotopic (exact) mass is 285 g/mol. The molecular weight excluding hydrogens is 274 g/mol. The molecule has 0 fully saturated rings. The predicted molar refractivity (Wildman–Crippen MR) is 78.5 cm³/mol. The molecule has 0 bridgehead atoms. The Morgan fingerprint density at radius 2 is 1.75 bits per heavy atom. The van der Waals surface area contributed by atoms with Gasteiger partial charge in [0.15, 0.2) is 11.0 Å². The Morgan fingerprint density at radius 3 is 2.40 bits per heavy atom. The maximum absolute atomic E-state index is 5.71. The van der Waals surface area contributed by atoms with E-state index in [0.717, 1.165) is 17.0 Å². The van der Waals surface area contributed by atoms with Crippen LogP contribution in [-0.2, 0) is 6.54 Å². The third-order valence-electron chi connectivity index (χ3n) is 2.78. The molecule has 1 aromatic carbocycles. The van der Waals surface area contributed by atoms with Crippen molar-refractivity contribution in [1.29, 1.82) is 0 Å². The predicted octanol–water partition coefficient (Wildman–Crippen LogP) is 4.00. The largest absolute Gasteiger partial charge is 0.448 e. The van der Waals surface area contributed by atoms with E-state index in [4.69, 9.17) is 16.0 Å². The van der Waals surface area contributed by atoms with Gasteiger partial charge in [0.05, 0.1) is 24.6 Å². The summed E-state index contributed by atoms with van der Waals surface area (Å²) in [6.07, 6.45) is 3.50. The van der Waals surface area contributed by atoms with Gasteiger partial charge in [0.2, 0.25) is 0 Å². The molecule has 0 saturated carbocycles. The molecule has 0 saturated heterocycles. The lowest BCUT2D eigenvalue weighted by atomic mass is 10.2. The van der Waals surface area contributed by atoms with Crippen LogP contribution in [0.3, 0.4) is 0 Å². The van der Waals surface area contributed by atoms with Crippen molar-refractivity contribution < 1.29 is 4.42 Å². The molecule has 4 nitrogen and oxygen atoms in total. The summed E-state index contributed by atoms with van der Waals surface area (Å²) in [5.41, 5.74) is 1.83. The Labute approximate surface area is 121 Å². The lowest BCUT2D eigenvalue weighted by molar-refractivity contribution is 0.520. The molecule has 100 valence electrons. The summed E-state index contributed by atoms with van der Waals surface area (Å²) in [5, 5.41) is 3.56. The van der Waals surface area contributed by atoms with Crippen LogP contribution < -0.4 is 5.32 Å². The van der Waals surface area contributed by atoms with Gasteiger partial charge in [-0.15, -0.1) is 0 Å². The average molecular weight is 286 g/mol. The Hall–Kier alpha value is -2.33. The van der Waals surface area contributed by atoms with E-state index in [-0.39, 0.29) is 0 Å². The summed E-state index contributed by atoms with van der Waals surface area (Å²) in [6, 6.07) is 13.4. The SMILES string of the molecule is Clc1ccc(CNc2cnc(-c3ccccc3)nc2)o1. The average Bonchev–Trinajstić information content (AvgIpc) is 2.92. The highest BCUT2D eigenvalue weighted by atomic mass is 35.5. The number of anilines is 1. The molecule has 0 spiro atoms. The van der Waals surface area contributed by atoms with Crippen molar-refractivity contribution in [1.82, 2.24) is 9.97 Å². The number of nitrogens with zero attached hydrogens (tertiary/aromatic N) is 2. The highest BCUT2D eigenvalue weighted by molar-refractivity contribution is 6.28. The summed E-state index contributed by atoms with van der Waals surface area (Å²) in [6.45, 7) is 0.542. The van der Waals surface area contributed by atoms with Gasteiger partial charge in [-0.25, -0.2) is 9.97 Å². The summed E-state index contributed by atoms with van der Waals surface area (Å²) >= 11 is 5.71. The van der Waals surface area contributed by atoms with Crippen molar-refractivity contribution in [2.24, 2.45) is 0 Å². The zero-order chi connectivity index (χ0) is 13.8. The van der Waals surface area contributed by atoms with E-state index in [9.17, 15) is 0 Å². The number of benzene rings is 1. The summed E-state index contributed by atoms with van der Waals surface area (Å²) < 4.78 is 5.26. The van der Waals surface area contributed by atoms with Gasteiger partial charge in [-0.2, -0.15) is 0 Å². The van der Waals surface area contributed by atoms with Crippen LogP contribution in [0.1, 0.15) is 5.76 Å². The quantitative estimate of drug-likeness (QED) is 0.787. The zero-order valence-electron chi connectivity index (χ0n) is 10.6. The standard InChI is InChI=1S/C15H12ClN3O/c16-14-7-6-13(20-14)10-17-12-8-18-15(19-9-12)11-4-2-1-3-5-11/h1-9,17H,10H2. The van der Waals surface area contributed by atoms with Crippen molar-refractivity contribution in [3.8, 4) is 11.4 Å². The van der Waals surface area contributed by atoms with Crippen LogP contribution in [-0.4, -0.2) is 9.97 Å². The van der Waals surface area contributed by atoms with Crippen molar-refractivity contribution >= 4 is 17.3 Å². The maximum atomic E-state index is 5.71. The molecule has 3 rings (SSSR count). The fourth-order valence-corrected chi connectivity index (χ4v) is 1.95. The first-order valence-electron chi connectivity index (χ1n) is 6.17. The highest BCUT2D eigenvalue weighted by Gasteiger charge is 2.02. The Kier molecular flexibility index (Phi) is 3.65. The van der Waals surface area contributed by atoms with Gasteiger partial charge < -0.3 is 9.73 Å². The molecular formula is C15H12ClN3O. The minimum atomic E-state index is 0.387.